The summed E-state index contributed by atoms with van der Waals surface area (Å²) in [6, 6.07) is 0. The fourth-order valence-electron chi connectivity index (χ4n) is 1.96. The normalized spacial score (nSPS) is 11.8. The van der Waals surface area contributed by atoms with Crippen LogP contribution in [0.25, 0.3) is 0 Å². The van der Waals surface area contributed by atoms with Crippen LogP contribution >= 0.6 is 0 Å². The van der Waals surface area contributed by atoms with Gasteiger partial charge in [0.25, 0.3) is 0 Å². The molecule has 0 aliphatic heterocycles. The van der Waals surface area contributed by atoms with Crippen LogP contribution in [-0.2, 0) is 17.8 Å². The molecule has 1 aromatic heterocycles. The van der Waals surface area contributed by atoms with Gasteiger partial charge >= 0.3 is 5.97 Å². The molecule has 4 nitrogen and oxygen atoms in total. The molecular weight excluding hydrogens is 216 g/mol. The lowest BCUT2D eigenvalue weighted by Gasteiger charge is -2.19. The van der Waals surface area contributed by atoms with Gasteiger partial charge in [-0.25, -0.2) is 0 Å². The summed E-state index contributed by atoms with van der Waals surface area (Å²) in [4.78, 5) is 11.0. The first-order valence-electron chi connectivity index (χ1n) is 6.06. The van der Waals surface area contributed by atoms with E-state index in [4.69, 9.17) is 5.11 Å². The zero-order valence-corrected chi connectivity index (χ0v) is 11.4. The van der Waals surface area contributed by atoms with Crippen LogP contribution in [0.5, 0.6) is 0 Å². The van der Waals surface area contributed by atoms with E-state index >= 15 is 0 Å². The predicted molar refractivity (Wildman–Crippen MR) is 67.1 cm³/mol. The van der Waals surface area contributed by atoms with Gasteiger partial charge in [-0.1, -0.05) is 6.92 Å². The second-order valence-corrected chi connectivity index (χ2v) is 5.17. The van der Waals surface area contributed by atoms with Crippen molar-refractivity contribution in [2.24, 2.45) is 5.41 Å². The maximum Gasteiger partial charge on any atom is 0.309 e. The van der Waals surface area contributed by atoms with Crippen LogP contribution in [0.2, 0.25) is 0 Å². The van der Waals surface area contributed by atoms with Crippen LogP contribution in [0.4, 0.5) is 0 Å². The highest BCUT2D eigenvalue weighted by atomic mass is 16.4. The minimum atomic E-state index is -0.755. The largest absolute Gasteiger partial charge is 0.481 e. The van der Waals surface area contributed by atoms with Gasteiger partial charge < -0.3 is 5.11 Å². The number of hydrogen-bond donors (Lipinski definition) is 1. The lowest BCUT2D eigenvalue weighted by atomic mass is 9.90. The molecule has 0 aliphatic carbocycles. The molecule has 0 saturated heterocycles. The Hall–Kier alpha value is -1.32. The third kappa shape index (κ3) is 2.87. The number of aliphatic carboxylic acids is 1. The first-order chi connectivity index (χ1) is 7.79. The van der Waals surface area contributed by atoms with Crippen molar-refractivity contribution in [3.63, 3.8) is 0 Å². The van der Waals surface area contributed by atoms with Crippen molar-refractivity contribution in [1.29, 1.82) is 0 Å². The highest BCUT2D eigenvalue weighted by Crippen LogP contribution is 2.22. The van der Waals surface area contributed by atoms with E-state index < -0.39 is 11.4 Å². The first-order valence-corrected chi connectivity index (χ1v) is 6.06. The van der Waals surface area contributed by atoms with Crippen molar-refractivity contribution >= 4 is 5.97 Å². The topological polar surface area (TPSA) is 55.1 Å². The minimum Gasteiger partial charge on any atom is -0.481 e. The molecule has 0 aromatic carbocycles. The number of hydrogen-bond acceptors (Lipinski definition) is 2. The maximum absolute atomic E-state index is 11.0. The van der Waals surface area contributed by atoms with E-state index in [1.807, 2.05) is 18.5 Å². The molecule has 0 aliphatic rings. The van der Waals surface area contributed by atoms with Crippen LogP contribution in [0.3, 0.4) is 0 Å². The van der Waals surface area contributed by atoms with Crippen LogP contribution < -0.4 is 0 Å². The Labute approximate surface area is 103 Å². The number of carboxylic acids is 1. The molecule has 0 radical (unpaired) electrons. The molecule has 0 atom stereocenters. The Morgan fingerprint density at radius 3 is 2.41 bits per heavy atom. The third-order valence-electron chi connectivity index (χ3n) is 3.41. The zero-order valence-electron chi connectivity index (χ0n) is 11.4. The fourth-order valence-corrected chi connectivity index (χ4v) is 1.96. The Morgan fingerprint density at radius 2 is 2.00 bits per heavy atom. The van der Waals surface area contributed by atoms with Crippen LogP contribution in [0.15, 0.2) is 0 Å². The van der Waals surface area contributed by atoms with Crippen molar-refractivity contribution in [2.75, 3.05) is 0 Å². The van der Waals surface area contributed by atoms with E-state index in [-0.39, 0.29) is 0 Å². The summed E-state index contributed by atoms with van der Waals surface area (Å²) in [6.07, 6.45) is 1.56. The van der Waals surface area contributed by atoms with Gasteiger partial charge in [0.05, 0.1) is 11.1 Å². The lowest BCUT2D eigenvalue weighted by molar-refractivity contribution is -0.147. The number of aromatic nitrogens is 2. The van der Waals surface area contributed by atoms with Gasteiger partial charge in [0.1, 0.15) is 0 Å². The lowest BCUT2D eigenvalue weighted by Crippen LogP contribution is -2.25. The fraction of sp³-hybridized carbons (Fsp3) is 0.692. The van der Waals surface area contributed by atoms with Gasteiger partial charge in [0.2, 0.25) is 0 Å². The molecule has 0 unspecified atom stereocenters. The predicted octanol–water partition coefficient (Wildman–Crippen LogP) is 2.56. The second kappa shape index (κ2) is 4.90. The second-order valence-electron chi connectivity index (χ2n) is 5.17. The number of nitrogens with zero attached hydrogens (tertiary/aromatic N) is 2. The molecule has 0 saturated carbocycles. The van der Waals surface area contributed by atoms with E-state index in [1.54, 1.807) is 13.8 Å². The van der Waals surface area contributed by atoms with E-state index in [0.717, 1.165) is 17.8 Å². The van der Waals surface area contributed by atoms with E-state index in [9.17, 15) is 4.79 Å². The van der Waals surface area contributed by atoms with Gasteiger partial charge in [-0.2, -0.15) is 5.10 Å². The first kappa shape index (κ1) is 13.7. The van der Waals surface area contributed by atoms with Crippen molar-refractivity contribution < 1.29 is 9.90 Å². The van der Waals surface area contributed by atoms with Crippen LogP contribution in [0.1, 0.15) is 44.1 Å². The maximum atomic E-state index is 11.0. The van der Waals surface area contributed by atoms with E-state index in [1.165, 1.54) is 5.56 Å². The summed E-state index contributed by atoms with van der Waals surface area (Å²) < 4.78 is 1.93. The summed E-state index contributed by atoms with van der Waals surface area (Å²) in [5, 5.41) is 13.5. The molecule has 4 heteroatoms. The Morgan fingerprint density at radius 1 is 1.41 bits per heavy atom. The highest BCUT2D eigenvalue weighted by molar-refractivity contribution is 5.73. The zero-order chi connectivity index (χ0) is 13.2. The monoisotopic (exact) mass is 238 g/mol. The minimum absolute atomic E-state index is 0.591. The molecule has 0 fully saturated rings. The van der Waals surface area contributed by atoms with Gasteiger partial charge in [0, 0.05) is 12.2 Å². The van der Waals surface area contributed by atoms with Gasteiger partial charge in [-0.3, -0.25) is 9.48 Å². The van der Waals surface area contributed by atoms with E-state index in [0.29, 0.717) is 13.0 Å². The number of aryl methyl sites for hydroxylation is 2. The van der Waals surface area contributed by atoms with Crippen molar-refractivity contribution in [3.05, 3.63) is 17.0 Å². The quantitative estimate of drug-likeness (QED) is 0.857. The average molecular weight is 238 g/mol. The van der Waals surface area contributed by atoms with Crippen molar-refractivity contribution in [2.45, 2.75) is 54.0 Å². The third-order valence-corrected chi connectivity index (χ3v) is 3.41. The molecule has 1 aromatic rings. The summed E-state index contributed by atoms with van der Waals surface area (Å²) in [5.41, 5.74) is 2.79. The smallest absolute Gasteiger partial charge is 0.309 e. The molecular formula is C13H22N2O2. The summed E-state index contributed by atoms with van der Waals surface area (Å²) >= 11 is 0. The molecule has 1 N–H and O–H groups in total. The van der Waals surface area contributed by atoms with E-state index in [2.05, 4.69) is 12.0 Å². The summed E-state index contributed by atoms with van der Waals surface area (Å²) in [7, 11) is 0. The Bertz CT molecular complexity index is 419. The molecule has 0 bridgehead atoms. The SMILES string of the molecule is CCc1c(C)nn(CCC(C)(C)C(=O)O)c1C. The molecule has 17 heavy (non-hydrogen) atoms. The van der Waals surface area contributed by atoms with Crippen LogP contribution in [0, 0.1) is 19.3 Å². The van der Waals surface area contributed by atoms with Gasteiger partial charge in [-0.15, -0.1) is 0 Å². The summed E-state index contributed by atoms with van der Waals surface area (Å²) in [5.74, 6) is -0.755. The van der Waals surface area contributed by atoms with Crippen LogP contribution in [-0.4, -0.2) is 20.9 Å². The number of carbonyl (C=O) groups is 1. The van der Waals surface area contributed by atoms with Gasteiger partial charge in [0.15, 0.2) is 0 Å². The Kier molecular flexibility index (Phi) is 3.96. The highest BCUT2D eigenvalue weighted by Gasteiger charge is 2.27. The Balaban J connectivity index is 2.80. The molecule has 0 spiro atoms. The molecule has 0 amide bonds. The number of rotatable bonds is 5. The molecule has 1 rings (SSSR count). The van der Waals surface area contributed by atoms with Gasteiger partial charge in [-0.05, 0) is 46.1 Å². The van der Waals surface area contributed by atoms with Crippen molar-refractivity contribution in [1.82, 2.24) is 9.78 Å². The molecule has 1 heterocycles. The number of carboxylic acid groups (broad SMARTS) is 1. The summed E-state index contributed by atoms with van der Waals surface area (Å²) in [6.45, 7) is 10.3. The van der Waals surface area contributed by atoms with Crippen molar-refractivity contribution in [3.8, 4) is 0 Å². The molecule has 96 valence electrons. The average Bonchev–Trinajstić information content (AvgIpc) is 2.50. The standard InChI is InChI=1S/C13H22N2O2/c1-6-11-9(2)14-15(10(11)3)8-7-13(4,5)12(16)17/h6-8H2,1-5H3,(H,16,17).